The van der Waals surface area contributed by atoms with Gasteiger partial charge in [0.05, 0.1) is 22.1 Å². The number of hydrogen-bond acceptors (Lipinski definition) is 5. The Morgan fingerprint density at radius 1 is 1.17 bits per heavy atom. The van der Waals surface area contributed by atoms with E-state index in [4.69, 9.17) is 21.1 Å². The zero-order valence-electron chi connectivity index (χ0n) is 12.3. The Labute approximate surface area is 137 Å². The van der Waals surface area contributed by atoms with E-state index >= 15 is 0 Å². The van der Waals surface area contributed by atoms with Crippen molar-refractivity contribution in [2.75, 3.05) is 6.61 Å². The summed E-state index contributed by atoms with van der Waals surface area (Å²) in [6.45, 7) is 2.61. The summed E-state index contributed by atoms with van der Waals surface area (Å²) in [5.41, 5.74) is -0.132. The minimum absolute atomic E-state index is 0.0351. The smallest absolute Gasteiger partial charge is 0.345 e. The van der Waals surface area contributed by atoms with Gasteiger partial charge in [-0.2, -0.15) is 0 Å². The Kier molecular flexibility index (Phi) is 5.54. The van der Waals surface area contributed by atoms with Crippen LogP contribution in [0, 0.1) is 10.1 Å². The van der Waals surface area contributed by atoms with Gasteiger partial charge in [0, 0.05) is 12.1 Å². The first-order valence-corrected chi connectivity index (χ1v) is 7.28. The molecule has 0 saturated carbocycles. The van der Waals surface area contributed by atoms with Crippen molar-refractivity contribution in [2.45, 2.75) is 13.3 Å². The van der Waals surface area contributed by atoms with E-state index in [2.05, 4.69) is 0 Å². The predicted molar refractivity (Wildman–Crippen MR) is 85.3 cm³/mol. The lowest BCUT2D eigenvalue weighted by molar-refractivity contribution is -0.384. The van der Waals surface area contributed by atoms with Crippen molar-refractivity contribution in [3.63, 3.8) is 0 Å². The van der Waals surface area contributed by atoms with E-state index in [1.165, 1.54) is 12.1 Å². The SMILES string of the molecule is CCCOc1ccc(OC(=O)c2ccc([N+](=O)[O-])cc2Cl)cc1. The van der Waals surface area contributed by atoms with Gasteiger partial charge >= 0.3 is 5.97 Å². The van der Waals surface area contributed by atoms with Gasteiger partial charge in [-0.15, -0.1) is 0 Å². The van der Waals surface area contributed by atoms with Crippen molar-refractivity contribution in [1.82, 2.24) is 0 Å². The standard InChI is InChI=1S/C16H14ClNO5/c1-2-9-22-12-4-6-13(7-5-12)23-16(19)14-8-3-11(18(20)21)10-15(14)17/h3-8,10H,2,9H2,1H3. The highest BCUT2D eigenvalue weighted by Crippen LogP contribution is 2.24. The summed E-state index contributed by atoms with van der Waals surface area (Å²) in [4.78, 5) is 22.1. The number of non-ortho nitro benzene ring substituents is 1. The second kappa shape index (κ2) is 7.60. The molecular formula is C16H14ClNO5. The van der Waals surface area contributed by atoms with Gasteiger partial charge in [-0.25, -0.2) is 4.79 Å². The Morgan fingerprint density at radius 2 is 1.83 bits per heavy atom. The van der Waals surface area contributed by atoms with Crippen LogP contribution in [0.1, 0.15) is 23.7 Å². The molecule has 7 heteroatoms. The lowest BCUT2D eigenvalue weighted by Gasteiger charge is -2.07. The molecule has 0 aliphatic heterocycles. The molecule has 2 rings (SSSR count). The fourth-order valence-corrected chi connectivity index (χ4v) is 2.02. The van der Waals surface area contributed by atoms with E-state index in [0.717, 1.165) is 12.5 Å². The molecule has 6 nitrogen and oxygen atoms in total. The van der Waals surface area contributed by atoms with Crippen LogP contribution in [0.4, 0.5) is 5.69 Å². The lowest BCUT2D eigenvalue weighted by Crippen LogP contribution is -2.09. The number of hydrogen-bond donors (Lipinski definition) is 0. The summed E-state index contributed by atoms with van der Waals surface area (Å²) in [6.07, 6.45) is 0.898. The highest BCUT2D eigenvalue weighted by atomic mass is 35.5. The molecule has 2 aromatic carbocycles. The molecule has 120 valence electrons. The average molecular weight is 336 g/mol. The molecule has 2 aromatic rings. The van der Waals surface area contributed by atoms with Crippen molar-refractivity contribution in [3.05, 3.63) is 63.2 Å². The van der Waals surface area contributed by atoms with Crippen molar-refractivity contribution in [2.24, 2.45) is 0 Å². The van der Waals surface area contributed by atoms with Crippen LogP contribution in [0.3, 0.4) is 0 Å². The van der Waals surface area contributed by atoms with Crippen LogP contribution >= 0.6 is 11.6 Å². The third-order valence-electron chi connectivity index (χ3n) is 2.89. The number of nitro benzene ring substituents is 1. The molecule has 0 aliphatic rings. The van der Waals surface area contributed by atoms with E-state index in [0.29, 0.717) is 18.1 Å². The number of nitro groups is 1. The molecule has 0 spiro atoms. The summed E-state index contributed by atoms with van der Waals surface area (Å²) in [7, 11) is 0. The fraction of sp³-hybridized carbons (Fsp3) is 0.188. The van der Waals surface area contributed by atoms with Gasteiger partial charge in [-0.3, -0.25) is 10.1 Å². The fourth-order valence-electron chi connectivity index (χ4n) is 1.77. The Bertz CT molecular complexity index is 715. The Hall–Kier alpha value is -2.60. The Morgan fingerprint density at radius 3 is 2.39 bits per heavy atom. The molecule has 0 amide bonds. The van der Waals surface area contributed by atoms with Crippen LogP contribution in [0.25, 0.3) is 0 Å². The molecule has 0 unspecified atom stereocenters. The molecule has 0 heterocycles. The first kappa shape index (κ1) is 16.8. The number of nitrogens with zero attached hydrogens (tertiary/aromatic N) is 1. The summed E-state index contributed by atoms with van der Waals surface area (Å²) in [6, 6.07) is 10.2. The Balaban J connectivity index is 2.08. The molecule has 0 saturated heterocycles. The number of rotatable bonds is 6. The van der Waals surface area contributed by atoms with Gasteiger partial charge in [-0.1, -0.05) is 18.5 Å². The first-order chi connectivity index (χ1) is 11.0. The molecule has 23 heavy (non-hydrogen) atoms. The zero-order valence-corrected chi connectivity index (χ0v) is 13.1. The van der Waals surface area contributed by atoms with E-state index in [1.807, 2.05) is 6.92 Å². The number of halogens is 1. The van der Waals surface area contributed by atoms with E-state index in [-0.39, 0.29) is 16.3 Å². The number of carbonyl (C=O) groups excluding carboxylic acids is 1. The van der Waals surface area contributed by atoms with Crippen LogP contribution < -0.4 is 9.47 Å². The quantitative estimate of drug-likeness (QED) is 0.341. The largest absolute Gasteiger partial charge is 0.494 e. The maximum atomic E-state index is 12.1. The van der Waals surface area contributed by atoms with E-state index < -0.39 is 10.9 Å². The third kappa shape index (κ3) is 4.43. The summed E-state index contributed by atoms with van der Waals surface area (Å²) < 4.78 is 10.6. The monoisotopic (exact) mass is 335 g/mol. The number of ether oxygens (including phenoxy) is 2. The molecule has 0 fully saturated rings. The molecule has 0 bridgehead atoms. The van der Waals surface area contributed by atoms with Crippen LogP contribution in [-0.2, 0) is 0 Å². The second-order valence-corrected chi connectivity index (χ2v) is 5.04. The molecule has 0 aromatic heterocycles. The number of benzene rings is 2. The van der Waals surface area contributed by atoms with Crippen molar-refractivity contribution < 1.29 is 19.2 Å². The second-order valence-electron chi connectivity index (χ2n) is 4.63. The summed E-state index contributed by atoms with van der Waals surface area (Å²) >= 11 is 5.89. The minimum Gasteiger partial charge on any atom is -0.494 e. The lowest BCUT2D eigenvalue weighted by atomic mass is 10.2. The van der Waals surface area contributed by atoms with Gasteiger partial charge < -0.3 is 9.47 Å². The van der Waals surface area contributed by atoms with Crippen molar-refractivity contribution >= 4 is 23.3 Å². The predicted octanol–water partition coefficient (Wildman–Crippen LogP) is 4.26. The zero-order chi connectivity index (χ0) is 16.8. The van der Waals surface area contributed by atoms with Crippen molar-refractivity contribution in [1.29, 1.82) is 0 Å². The van der Waals surface area contributed by atoms with Gasteiger partial charge in [0.1, 0.15) is 11.5 Å². The van der Waals surface area contributed by atoms with Gasteiger partial charge in [0.15, 0.2) is 0 Å². The maximum absolute atomic E-state index is 12.1. The molecule has 0 radical (unpaired) electrons. The molecule has 0 aliphatic carbocycles. The number of carbonyl (C=O) groups is 1. The maximum Gasteiger partial charge on any atom is 0.345 e. The minimum atomic E-state index is -0.688. The summed E-state index contributed by atoms with van der Waals surface area (Å²) in [5.74, 6) is 0.320. The molecule has 0 atom stereocenters. The van der Waals surface area contributed by atoms with Crippen LogP contribution in [0.5, 0.6) is 11.5 Å². The first-order valence-electron chi connectivity index (χ1n) is 6.90. The normalized spacial score (nSPS) is 10.2. The van der Waals surface area contributed by atoms with Gasteiger partial charge in [0.25, 0.3) is 5.69 Å². The van der Waals surface area contributed by atoms with Crippen LogP contribution in [0.15, 0.2) is 42.5 Å². The van der Waals surface area contributed by atoms with E-state index in [1.54, 1.807) is 24.3 Å². The van der Waals surface area contributed by atoms with Crippen LogP contribution in [-0.4, -0.2) is 17.5 Å². The molecule has 0 N–H and O–H groups in total. The van der Waals surface area contributed by atoms with Gasteiger partial charge in [0.2, 0.25) is 0 Å². The molecular weight excluding hydrogens is 322 g/mol. The number of esters is 1. The van der Waals surface area contributed by atoms with Crippen LogP contribution in [0.2, 0.25) is 5.02 Å². The van der Waals surface area contributed by atoms with E-state index in [9.17, 15) is 14.9 Å². The van der Waals surface area contributed by atoms with Crippen molar-refractivity contribution in [3.8, 4) is 11.5 Å². The third-order valence-corrected chi connectivity index (χ3v) is 3.20. The average Bonchev–Trinajstić information content (AvgIpc) is 2.53. The topological polar surface area (TPSA) is 78.7 Å². The highest BCUT2D eigenvalue weighted by molar-refractivity contribution is 6.33. The van der Waals surface area contributed by atoms with Gasteiger partial charge in [-0.05, 0) is 36.8 Å². The summed E-state index contributed by atoms with van der Waals surface area (Å²) in [5, 5.41) is 10.6. The highest BCUT2D eigenvalue weighted by Gasteiger charge is 2.16.